The SMILES string of the molecule is C=CCOc1cccc(NC(=S)NCc2ccc(OC)cc2)c1. The third-order valence-corrected chi connectivity index (χ3v) is 3.32. The van der Waals surface area contributed by atoms with Crippen LogP contribution in [0, 0.1) is 0 Å². The van der Waals surface area contributed by atoms with Crippen molar-refractivity contribution >= 4 is 23.0 Å². The molecule has 0 heterocycles. The Morgan fingerprint density at radius 3 is 2.65 bits per heavy atom. The number of rotatable bonds is 7. The Hall–Kier alpha value is -2.53. The maximum atomic E-state index is 5.49. The standard InChI is InChI=1S/C18H20N2O2S/c1-3-11-22-17-6-4-5-15(12-17)20-18(23)19-13-14-7-9-16(21-2)10-8-14/h3-10,12H,1,11,13H2,2H3,(H2,19,20,23). The van der Waals surface area contributed by atoms with Crippen LogP contribution in [0.25, 0.3) is 0 Å². The molecule has 120 valence electrons. The number of thiocarbonyl (C=S) groups is 1. The molecular weight excluding hydrogens is 308 g/mol. The summed E-state index contributed by atoms with van der Waals surface area (Å²) in [6, 6.07) is 15.5. The first kappa shape index (κ1) is 16.8. The number of hydrogen-bond donors (Lipinski definition) is 2. The Bertz CT molecular complexity index is 656. The van der Waals surface area contributed by atoms with Crippen molar-refractivity contribution in [3.05, 3.63) is 66.7 Å². The number of hydrogen-bond acceptors (Lipinski definition) is 3. The predicted molar refractivity (Wildman–Crippen MR) is 98.2 cm³/mol. The van der Waals surface area contributed by atoms with Crippen LogP contribution in [0.5, 0.6) is 11.5 Å². The van der Waals surface area contributed by atoms with E-state index in [4.69, 9.17) is 21.7 Å². The first-order valence-electron chi connectivity index (χ1n) is 7.23. The van der Waals surface area contributed by atoms with Gasteiger partial charge in [0.1, 0.15) is 18.1 Å². The van der Waals surface area contributed by atoms with Gasteiger partial charge in [0.25, 0.3) is 0 Å². The monoisotopic (exact) mass is 328 g/mol. The van der Waals surface area contributed by atoms with E-state index < -0.39 is 0 Å². The van der Waals surface area contributed by atoms with Crippen LogP contribution in [-0.2, 0) is 6.54 Å². The highest BCUT2D eigenvalue weighted by atomic mass is 32.1. The minimum Gasteiger partial charge on any atom is -0.497 e. The van der Waals surface area contributed by atoms with Crippen molar-refractivity contribution in [3.8, 4) is 11.5 Å². The van der Waals surface area contributed by atoms with Crippen molar-refractivity contribution in [3.63, 3.8) is 0 Å². The molecule has 0 amide bonds. The summed E-state index contributed by atoms with van der Waals surface area (Å²) in [5, 5.41) is 6.87. The van der Waals surface area contributed by atoms with Crippen molar-refractivity contribution < 1.29 is 9.47 Å². The summed E-state index contributed by atoms with van der Waals surface area (Å²) in [6.45, 7) is 4.75. The van der Waals surface area contributed by atoms with Gasteiger partial charge in [-0.05, 0) is 42.0 Å². The fraction of sp³-hybridized carbons (Fsp3) is 0.167. The summed E-state index contributed by atoms with van der Waals surface area (Å²) in [5.41, 5.74) is 2.00. The normalized spacial score (nSPS) is 9.78. The summed E-state index contributed by atoms with van der Waals surface area (Å²) < 4.78 is 10.6. The van der Waals surface area contributed by atoms with Gasteiger partial charge in [-0.3, -0.25) is 0 Å². The molecule has 0 saturated carbocycles. The van der Waals surface area contributed by atoms with E-state index in [1.54, 1.807) is 13.2 Å². The van der Waals surface area contributed by atoms with Crippen molar-refractivity contribution in [1.29, 1.82) is 0 Å². The van der Waals surface area contributed by atoms with Gasteiger partial charge >= 0.3 is 0 Å². The summed E-state index contributed by atoms with van der Waals surface area (Å²) in [5.74, 6) is 1.61. The average molecular weight is 328 g/mol. The number of anilines is 1. The number of ether oxygens (including phenoxy) is 2. The van der Waals surface area contributed by atoms with Crippen molar-refractivity contribution in [2.45, 2.75) is 6.54 Å². The molecular formula is C18H20N2O2S. The largest absolute Gasteiger partial charge is 0.497 e. The van der Waals surface area contributed by atoms with E-state index in [1.807, 2.05) is 48.5 Å². The zero-order valence-corrected chi connectivity index (χ0v) is 13.9. The van der Waals surface area contributed by atoms with Crippen LogP contribution in [0.4, 0.5) is 5.69 Å². The molecule has 23 heavy (non-hydrogen) atoms. The predicted octanol–water partition coefficient (Wildman–Crippen LogP) is 3.75. The molecule has 0 aromatic heterocycles. The molecule has 2 aromatic carbocycles. The molecule has 0 unspecified atom stereocenters. The fourth-order valence-electron chi connectivity index (χ4n) is 1.92. The molecule has 0 saturated heterocycles. The maximum absolute atomic E-state index is 5.49. The Morgan fingerprint density at radius 2 is 1.96 bits per heavy atom. The van der Waals surface area contributed by atoms with Crippen LogP contribution >= 0.6 is 12.2 Å². The topological polar surface area (TPSA) is 42.5 Å². The van der Waals surface area contributed by atoms with Crippen LogP contribution in [0.15, 0.2) is 61.2 Å². The lowest BCUT2D eigenvalue weighted by atomic mass is 10.2. The zero-order valence-electron chi connectivity index (χ0n) is 13.0. The molecule has 2 aromatic rings. The number of methoxy groups -OCH3 is 1. The summed E-state index contributed by atoms with van der Waals surface area (Å²) >= 11 is 5.31. The Kier molecular flexibility index (Phi) is 6.44. The molecule has 2 N–H and O–H groups in total. The van der Waals surface area contributed by atoms with Gasteiger partial charge in [0.15, 0.2) is 5.11 Å². The third kappa shape index (κ3) is 5.64. The van der Waals surface area contributed by atoms with Gasteiger partial charge in [-0.1, -0.05) is 30.9 Å². The molecule has 4 nitrogen and oxygen atoms in total. The van der Waals surface area contributed by atoms with Crippen molar-refractivity contribution in [1.82, 2.24) is 5.32 Å². The van der Waals surface area contributed by atoms with Crippen LogP contribution in [0.3, 0.4) is 0 Å². The van der Waals surface area contributed by atoms with Crippen molar-refractivity contribution in [2.24, 2.45) is 0 Å². The smallest absolute Gasteiger partial charge is 0.171 e. The lowest BCUT2D eigenvalue weighted by Gasteiger charge is -2.12. The second-order valence-electron chi connectivity index (χ2n) is 4.78. The van der Waals surface area contributed by atoms with E-state index in [0.717, 1.165) is 22.7 Å². The van der Waals surface area contributed by atoms with Crippen molar-refractivity contribution in [2.75, 3.05) is 19.0 Å². The van der Waals surface area contributed by atoms with Gasteiger partial charge < -0.3 is 20.1 Å². The Balaban J connectivity index is 1.85. The molecule has 0 aliphatic carbocycles. The van der Waals surface area contributed by atoms with Crippen LogP contribution in [0.2, 0.25) is 0 Å². The van der Waals surface area contributed by atoms with E-state index >= 15 is 0 Å². The summed E-state index contributed by atoms with van der Waals surface area (Å²) in [4.78, 5) is 0. The fourth-order valence-corrected chi connectivity index (χ4v) is 2.11. The van der Waals surface area contributed by atoms with Crippen LogP contribution in [-0.4, -0.2) is 18.8 Å². The van der Waals surface area contributed by atoms with Gasteiger partial charge in [-0.15, -0.1) is 0 Å². The van der Waals surface area contributed by atoms with Gasteiger partial charge in [0.05, 0.1) is 7.11 Å². The molecule has 0 bridgehead atoms. The highest BCUT2D eigenvalue weighted by Gasteiger charge is 2.00. The second-order valence-corrected chi connectivity index (χ2v) is 5.19. The molecule has 2 rings (SSSR count). The Labute approximate surface area is 142 Å². The van der Waals surface area contributed by atoms with E-state index in [2.05, 4.69) is 17.2 Å². The minimum absolute atomic E-state index is 0.476. The third-order valence-electron chi connectivity index (χ3n) is 3.07. The minimum atomic E-state index is 0.476. The van der Waals surface area contributed by atoms with Gasteiger partial charge in [-0.2, -0.15) is 0 Å². The first-order valence-corrected chi connectivity index (χ1v) is 7.63. The first-order chi connectivity index (χ1) is 11.2. The molecule has 0 spiro atoms. The van der Waals surface area contributed by atoms with Gasteiger partial charge in [0.2, 0.25) is 0 Å². The average Bonchev–Trinajstić information content (AvgIpc) is 2.59. The molecule has 0 fully saturated rings. The quantitative estimate of drug-likeness (QED) is 0.598. The zero-order chi connectivity index (χ0) is 16.5. The molecule has 0 aliphatic rings. The van der Waals surface area contributed by atoms with Crippen LogP contribution < -0.4 is 20.1 Å². The van der Waals surface area contributed by atoms with E-state index in [9.17, 15) is 0 Å². The second kappa shape index (κ2) is 8.80. The molecule has 0 aliphatic heterocycles. The highest BCUT2D eigenvalue weighted by Crippen LogP contribution is 2.17. The van der Waals surface area contributed by atoms with Crippen LogP contribution in [0.1, 0.15) is 5.56 Å². The van der Waals surface area contributed by atoms with Gasteiger partial charge in [-0.25, -0.2) is 0 Å². The summed E-state index contributed by atoms with van der Waals surface area (Å²) in [6.07, 6.45) is 1.71. The highest BCUT2D eigenvalue weighted by molar-refractivity contribution is 7.80. The maximum Gasteiger partial charge on any atom is 0.171 e. The van der Waals surface area contributed by atoms with Gasteiger partial charge in [0, 0.05) is 18.3 Å². The van der Waals surface area contributed by atoms with E-state index in [1.165, 1.54) is 0 Å². The lowest BCUT2D eigenvalue weighted by Crippen LogP contribution is -2.27. The number of nitrogens with one attached hydrogen (secondary N) is 2. The van der Waals surface area contributed by atoms with E-state index in [0.29, 0.717) is 18.3 Å². The lowest BCUT2D eigenvalue weighted by molar-refractivity contribution is 0.363. The molecule has 0 atom stereocenters. The Morgan fingerprint density at radius 1 is 1.17 bits per heavy atom. The van der Waals surface area contributed by atoms with E-state index in [-0.39, 0.29) is 0 Å². The molecule has 0 radical (unpaired) electrons. The summed E-state index contributed by atoms with van der Waals surface area (Å²) in [7, 11) is 1.65. The molecule has 5 heteroatoms. The number of benzene rings is 2.